The quantitative estimate of drug-likeness (QED) is 0.542. The zero-order valence-corrected chi connectivity index (χ0v) is 20.5. The van der Waals surface area contributed by atoms with Gasteiger partial charge in [-0.25, -0.2) is 8.42 Å². The van der Waals surface area contributed by atoms with Crippen molar-refractivity contribution in [2.24, 2.45) is 0 Å². The average molecular weight is 500 g/mol. The summed E-state index contributed by atoms with van der Waals surface area (Å²) in [5.74, 6) is -0.835. The molecule has 0 bridgehead atoms. The molecule has 2 aromatic rings. The second kappa shape index (κ2) is 11.5. The summed E-state index contributed by atoms with van der Waals surface area (Å²) in [5, 5.41) is 2.78. The van der Waals surface area contributed by atoms with Gasteiger partial charge in [-0.2, -0.15) is 0 Å². The van der Waals surface area contributed by atoms with Crippen LogP contribution in [0, 0.1) is 0 Å². The monoisotopic (exact) mass is 499 g/mol. The number of anilines is 1. The first-order valence-electron chi connectivity index (χ1n) is 10.1. The average Bonchev–Trinajstić information content (AvgIpc) is 2.76. The molecule has 2 aromatic carbocycles. The van der Waals surface area contributed by atoms with E-state index < -0.39 is 28.5 Å². The fraction of sp³-hybridized carbons (Fsp3) is 0.364. The van der Waals surface area contributed by atoms with Crippen molar-refractivity contribution in [1.82, 2.24) is 10.2 Å². The molecule has 1 N–H and O–H groups in total. The number of carbonyl (C=O) groups excluding carboxylic acids is 2. The molecule has 0 saturated carbocycles. The normalized spacial score (nSPS) is 12.2. The Balaban J connectivity index is 2.38. The van der Waals surface area contributed by atoms with E-state index in [1.807, 2.05) is 30.3 Å². The highest BCUT2D eigenvalue weighted by Crippen LogP contribution is 2.33. The Bertz CT molecular complexity index is 1050. The number of carbonyl (C=O) groups is 2. The molecule has 174 valence electrons. The molecule has 2 amide bonds. The van der Waals surface area contributed by atoms with Crippen LogP contribution in [0.1, 0.15) is 18.9 Å². The number of amides is 2. The van der Waals surface area contributed by atoms with Crippen LogP contribution < -0.4 is 9.62 Å². The summed E-state index contributed by atoms with van der Waals surface area (Å²) in [6.07, 6.45) is 1.87. The maximum Gasteiger partial charge on any atom is 0.244 e. The summed E-state index contributed by atoms with van der Waals surface area (Å²) in [4.78, 5) is 27.3. The van der Waals surface area contributed by atoms with E-state index in [0.717, 1.165) is 16.1 Å². The third-order valence-electron chi connectivity index (χ3n) is 5.00. The Morgan fingerprint density at radius 3 is 2.28 bits per heavy atom. The van der Waals surface area contributed by atoms with Crippen LogP contribution in [0.2, 0.25) is 10.0 Å². The maximum absolute atomic E-state index is 13.4. The van der Waals surface area contributed by atoms with Gasteiger partial charge in [0.1, 0.15) is 12.6 Å². The summed E-state index contributed by atoms with van der Waals surface area (Å²) >= 11 is 12.3. The van der Waals surface area contributed by atoms with Crippen LogP contribution in [0.15, 0.2) is 48.5 Å². The van der Waals surface area contributed by atoms with Crippen molar-refractivity contribution in [2.75, 3.05) is 30.7 Å². The van der Waals surface area contributed by atoms with Crippen molar-refractivity contribution >= 4 is 50.7 Å². The Morgan fingerprint density at radius 1 is 1.06 bits per heavy atom. The highest BCUT2D eigenvalue weighted by molar-refractivity contribution is 7.92. The standard InChI is InChI=1S/C22H27Cl2N3O4S/c1-4-18(22(29)25-2)26(14-13-16-9-6-5-7-10-16)20(28)15-27(32(3,30)31)19-12-8-11-17(23)21(19)24/h5-12,18H,4,13-15H2,1-3H3,(H,25,29)/t18-/m0/s1. The zero-order chi connectivity index (χ0) is 23.9. The molecule has 0 aliphatic rings. The minimum Gasteiger partial charge on any atom is -0.357 e. The van der Waals surface area contributed by atoms with E-state index in [0.29, 0.717) is 12.8 Å². The highest BCUT2D eigenvalue weighted by Gasteiger charge is 2.31. The van der Waals surface area contributed by atoms with E-state index in [4.69, 9.17) is 23.2 Å². The van der Waals surface area contributed by atoms with Gasteiger partial charge in [0.15, 0.2) is 0 Å². The summed E-state index contributed by atoms with van der Waals surface area (Å²) < 4.78 is 26.0. The summed E-state index contributed by atoms with van der Waals surface area (Å²) in [5.41, 5.74) is 1.10. The first kappa shape index (κ1) is 26.0. The van der Waals surface area contributed by atoms with Crippen LogP contribution in [0.25, 0.3) is 0 Å². The first-order chi connectivity index (χ1) is 15.1. The number of hydrogen-bond donors (Lipinski definition) is 1. The van der Waals surface area contributed by atoms with Crippen LogP contribution in [-0.2, 0) is 26.0 Å². The topological polar surface area (TPSA) is 86.8 Å². The number of sulfonamides is 1. The van der Waals surface area contributed by atoms with Crippen molar-refractivity contribution in [2.45, 2.75) is 25.8 Å². The van der Waals surface area contributed by atoms with Gasteiger partial charge in [-0.3, -0.25) is 13.9 Å². The van der Waals surface area contributed by atoms with Crippen molar-refractivity contribution < 1.29 is 18.0 Å². The second-order valence-electron chi connectivity index (χ2n) is 7.20. The molecule has 2 rings (SSSR count). The van der Waals surface area contributed by atoms with Gasteiger partial charge in [0, 0.05) is 13.6 Å². The van der Waals surface area contributed by atoms with Gasteiger partial charge >= 0.3 is 0 Å². The number of halogens is 2. The Morgan fingerprint density at radius 2 is 1.72 bits per heavy atom. The highest BCUT2D eigenvalue weighted by atomic mass is 35.5. The number of rotatable bonds is 10. The van der Waals surface area contributed by atoms with Gasteiger partial charge in [0.2, 0.25) is 21.8 Å². The van der Waals surface area contributed by atoms with E-state index >= 15 is 0 Å². The van der Waals surface area contributed by atoms with Gasteiger partial charge in [-0.15, -0.1) is 0 Å². The minimum absolute atomic E-state index is 0.0292. The van der Waals surface area contributed by atoms with Crippen molar-refractivity contribution in [3.63, 3.8) is 0 Å². The maximum atomic E-state index is 13.4. The Labute approximate surface area is 199 Å². The van der Waals surface area contributed by atoms with Gasteiger partial charge in [0.05, 0.1) is 22.0 Å². The molecule has 0 aromatic heterocycles. The molecule has 0 heterocycles. The molecule has 32 heavy (non-hydrogen) atoms. The van der Waals surface area contributed by atoms with E-state index in [1.54, 1.807) is 13.0 Å². The van der Waals surface area contributed by atoms with Crippen molar-refractivity contribution in [3.8, 4) is 0 Å². The summed E-state index contributed by atoms with van der Waals surface area (Å²) in [6, 6.07) is 13.4. The lowest BCUT2D eigenvalue weighted by molar-refractivity contribution is -0.139. The lowest BCUT2D eigenvalue weighted by atomic mass is 10.1. The van der Waals surface area contributed by atoms with Crippen LogP contribution in [0.5, 0.6) is 0 Å². The molecule has 10 heteroatoms. The fourth-order valence-electron chi connectivity index (χ4n) is 3.34. The molecule has 7 nitrogen and oxygen atoms in total. The molecule has 0 aliphatic carbocycles. The minimum atomic E-state index is -3.87. The van der Waals surface area contributed by atoms with Crippen LogP contribution in [0.4, 0.5) is 5.69 Å². The van der Waals surface area contributed by atoms with Gasteiger partial charge in [-0.05, 0) is 30.5 Å². The molecule has 0 spiro atoms. The van der Waals surface area contributed by atoms with Crippen molar-refractivity contribution in [3.05, 3.63) is 64.1 Å². The molecular weight excluding hydrogens is 473 g/mol. The molecular formula is C22H27Cl2N3O4S. The van der Waals surface area contributed by atoms with E-state index in [1.165, 1.54) is 24.1 Å². The van der Waals surface area contributed by atoms with Crippen LogP contribution in [0.3, 0.4) is 0 Å². The SMILES string of the molecule is CC[C@@H](C(=O)NC)N(CCc1ccccc1)C(=O)CN(c1cccc(Cl)c1Cl)S(C)(=O)=O. The fourth-order valence-corrected chi connectivity index (χ4v) is 4.64. The summed E-state index contributed by atoms with van der Waals surface area (Å²) in [6.45, 7) is 1.53. The zero-order valence-electron chi connectivity index (χ0n) is 18.2. The van der Waals surface area contributed by atoms with E-state index in [2.05, 4.69) is 5.32 Å². The molecule has 0 aliphatic heterocycles. The molecule has 0 radical (unpaired) electrons. The summed E-state index contributed by atoms with van der Waals surface area (Å²) in [7, 11) is -2.37. The van der Waals surface area contributed by atoms with Gasteiger partial charge < -0.3 is 10.2 Å². The first-order valence-corrected chi connectivity index (χ1v) is 12.7. The molecule has 1 atom stereocenters. The third-order valence-corrected chi connectivity index (χ3v) is 6.93. The molecule has 0 saturated heterocycles. The third kappa shape index (κ3) is 6.60. The number of nitrogens with one attached hydrogen (secondary N) is 1. The van der Waals surface area contributed by atoms with Gasteiger partial charge in [0.25, 0.3) is 0 Å². The van der Waals surface area contributed by atoms with Crippen LogP contribution in [-0.4, -0.2) is 57.6 Å². The van der Waals surface area contributed by atoms with E-state index in [-0.39, 0.29) is 28.2 Å². The largest absolute Gasteiger partial charge is 0.357 e. The lowest BCUT2D eigenvalue weighted by Crippen LogP contribution is -2.52. The number of likely N-dealkylation sites (N-methyl/N-ethyl adjacent to an activating group) is 1. The Hall–Kier alpha value is -2.29. The van der Waals surface area contributed by atoms with Crippen LogP contribution >= 0.6 is 23.2 Å². The van der Waals surface area contributed by atoms with Gasteiger partial charge in [-0.1, -0.05) is 66.5 Å². The molecule has 0 unspecified atom stereocenters. The number of nitrogens with zero attached hydrogens (tertiary/aromatic N) is 2. The lowest BCUT2D eigenvalue weighted by Gasteiger charge is -2.32. The second-order valence-corrected chi connectivity index (χ2v) is 9.90. The molecule has 0 fully saturated rings. The van der Waals surface area contributed by atoms with E-state index in [9.17, 15) is 18.0 Å². The predicted octanol–water partition coefficient (Wildman–Crippen LogP) is 3.36. The number of benzene rings is 2. The van der Waals surface area contributed by atoms with Crippen molar-refractivity contribution in [1.29, 1.82) is 0 Å². The Kier molecular flexibility index (Phi) is 9.36. The number of hydrogen-bond acceptors (Lipinski definition) is 4. The predicted molar refractivity (Wildman–Crippen MR) is 129 cm³/mol. The smallest absolute Gasteiger partial charge is 0.244 e.